The van der Waals surface area contributed by atoms with E-state index in [1.165, 1.54) is 0 Å². The lowest BCUT2D eigenvalue weighted by molar-refractivity contribution is 0.0512. The molecule has 1 fully saturated rings. The summed E-state index contributed by atoms with van der Waals surface area (Å²) in [4.78, 5) is 16.7. The second kappa shape index (κ2) is 9.66. The number of benzene rings is 1. The number of carbonyl (C=O) groups excluding carboxylic acids is 1. The molecule has 1 aliphatic heterocycles. The number of rotatable bonds is 9. The third-order valence-electron chi connectivity index (χ3n) is 5.04. The Morgan fingerprint density at radius 2 is 2.04 bits per heavy atom. The number of methoxy groups -OCH3 is 1. The molecule has 2 N–H and O–H groups in total. The Kier molecular flexibility index (Phi) is 7.00. The Morgan fingerprint density at radius 1 is 1.29 bits per heavy atom. The van der Waals surface area contributed by atoms with Gasteiger partial charge in [-0.2, -0.15) is 4.98 Å². The summed E-state index contributed by atoms with van der Waals surface area (Å²) < 4.78 is 16.1. The number of ether oxygens (including phenoxy) is 2. The first-order chi connectivity index (χ1) is 13.6. The lowest BCUT2D eigenvalue weighted by Gasteiger charge is -2.37. The van der Waals surface area contributed by atoms with Gasteiger partial charge in [-0.15, -0.1) is 0 Å². The van der Waals surface area contributed by atoms with Crippen molar-refractivity contribution in [2.45, 2.75) is 32.8 Å². The van der Waals surface area contributed by atoms with Crippen LogP contribution >= 0.6 is 0 Å². The topological polar surface area (TPSA) is 98.5 Å². The molecule has 1 amide bonds. The van der Waals surface area contributed by atoms with Crippen molar-refractivity contribution in [2.75, 3.05) is 33.4 Å². The molecule has 1 aromatic heterocycles. The third kappa shape index (κ3) is 5.30. The molecule has 28 heavy (non-hydrogen) atoms. The minimum Gasteiger partial charge on any atom is -0.485 e. The molecule has 1 saturated heterocycles. The molecule has 0 bridgehead atoms. The number of nitrogens with one attached hydrogen (secondary N) is 2. The van der Waals surface area contributed by atoms with Gasteiger partial charge in [0.25, 0.3) is 5.91 Å². The van der Waals surface area contributed by atoms with Crippen molar-refractivity contribution in [3.8, 4) is 5.75 Å². The maximum absolute atomic E-state index is 12.5. The molecule has 8 nitrogen and oxygen atoms in total. The molecule has 1 aliphatic rings. The van der Waals surface area contributed by atoms with E-state index in [1.807, 2.05) is 6.92 Å². The van der Waals surface area contributed by atoms with Crippen molar-refractivity contribution >= 4 is 5.91 Å². The molecule has 0 aliphatic carbocycles. The molecule has 0 spiro atoms. The summed E-state index contributed by atoms with van der Waals surface area (Å²) in [5.74, 6) is 1.65. The summed E-state index contributed by atoms with van der Waals surface area (Å²) in [6, 6.07) is 7.05. The Labute approximate surface area is 165 Å². The number of aryl methyl sites for hydroxylation is 1. The van der Waals surface area contributed by atoms with Crippen LogP contribution in [0.4, 0.5) is 0 Å². The number of amides is 1. The fraction of sp³-hybridized carbons (Fsp3) is 0.550. The van der Waals surface area contributed by atoms with Crippen LogP contribution < -0.4 is 15.4 Å². The molecule has 0 radical (unpaired) electrons. The van der Waals surface area contributed by atoms with E-state index < -0.39 is 0 Å². The summed E-state index contributed by atoms with van der Waals surface area (Å²) >= 11 is 0. The van der Waals surface area contributed by atoms with Crippen molar-refractivity contribution in [2.24, 2.45) is 5.41 Å². The maximum Gasteiger partial charge on any atom is 0.251 e. The lowest BCUT2D eigenvalue weighted by Crippen LogP contribution is -2.47. The zero-order valence-electron chi connectivity index (χ0n) is 16.5. The van der Waals surface area contributed by atoms with Crippen molar-refractivity contribution in [3.05, 3.63) is 41.5 Å². The van der Waals surface area contributed by atoms with Gasteiger partial charge in [-0.3, -0.25) is 4.79 Å². The highest BCUT2D eigenvalue weighted by molar-refractivity contribution is 5.94. The average molecular weight is 388 g/mol. The molecule has 0 atom stereocenters. The first-order valence-electron chi connectivity index (χ1n) is 9.66. The highest BCUT2D eigenvalue weighted by Gasteiger charge is 2.32. The zero-order chi connectivity index (χ0) is 19.8. The molecule has 8 heteroatoms. The molecular weight excluding hydrogens is 360 g/mol. The number of aromatic nitrogens is 2. The number of hydrogen-bond acceptors (Lipinski definition) is 7. The van der Waals surface area contributed by atoms with Crippen molar-refractivity contribution in [3.63, 3.8) is 0 Å². The summed E-state index contributed by atoms with van der Waals surface area (Å²) in [5.41, 5.74) is 0.599. The summed E-state index contributed by atoms with van der Waals surface area (Å²) in [7, 11) is 1.71. The van der Waals surface area contributed by atoms with E-state index >= 15 is 0 Å². The van der Waals surface area contributed by atoms with Gasteiger partial charge < -0.3 is 24.6 Å². The monoisotopic (exact) mass is 388 g/mol. The first kappa shape index (κ1) is 20.3. The second-order valence-corrected chi connectivity index (χ2v) is 7.14. The summed E-state index contributed by atoms with van der Waals surface area (Å²) in [6.45, 7) is 5.33. The molecular formula is C20H28N4O4. The lowest BCUT2D eigenvalue weighted by atomic mass is 9.79. The fourth-order valence-electron chi connectivity index (χ4n) is 3.35. The molecule has 1 aromatic carbocycles. The Hall–Kier alpha value is -2.45. The zero-order valence-corrected chi connectivity index (χ0v) is 16.5. The molecule has 0 saturated carbocycles. The van der Waals surface area contributed by atoms with Crippen LogP contribution in [0.5, 0.6) is 5.75 Å². The van der Waals surface area contributed by atoms with E-state index in [1.54, 1.807) is 31.4 Å². The van der Waals surface area contributed by atoms with Crippen LogP contribution in [0.2, 0.25) is 0 Å². The Balaban J connectivity index is 1.51. The minimum absolute atomic E-state index is 0.000643. The molecule has 2 aromatic rings. The van der Waals surface area contributed by atoms with E-state index in [0.29, 0.717) is 42.6 Å². The molecule has 2 heterocycles. The third-order valence-corrected chi connectivity index (χ3v) is 5.04. The van der Waals surface area contributed by atoms with Crippen molar-refractivity contribution in [1.29, 1.82) is 0 Å². The Bertz CT molecular complexity index is 748. The standard InChI is InChI=1S/C20H28N4O4/c1-3-18-23-17(24-28-18)12-27-16-6-4-15(5-7-16)19(25)22-13-20(14-26-2)8-10-21-11-9-20/h4-7,21H,3,8-14H2,1-2H3,(H,22,25). The van der Waals surface area contributed by atoms with Gasteiger partial charge in [0, 0.05) is 31.1 Å². The van der Waals surface area contributed by atoms with Crippen LogP contribution in [0.3, 0.4) is 0 Å². The first-order valence-corrected chi connectivity index (χ1v) is 9.66. The highest BCUT2D eigenvalue weighted by Crippen LogP contribution is 2.28. The summed E-state index contributed by atoms with van der Waals surface area (Å²) in [5, 5.41) is 10.3. The highest BCUT2D eigenvalue weighted by atomic mass is 16.5. The van der Waals surface area contributed by atoms with Crippen LogP contribution in [-0.2, 0) is 17.8 Å². The van der Waals surface area contributed by atoms with Gasteiger partial charge in [-0.25, -0.2) is 0 Å². The van der Waals surface area contributed by atoms with Crippen LogP contribution in [0.1, 0.15) is 41.8 Å². The van der Waals surface area contributed by atoms with Gasteiger partial charge in [-0.05, 0) is 50.2 Å². The minimum atomic E-state index is -0.0914. The smallest absolute Gasteiger partial charge is 0.251 e. The van der Waals surface area contributed by atoms with E-state index in [4.69, 9.17) is 14.0 Å². The van der Waals surface area contributed by atoms with E-state index in [0.717, 1.165) is 25.9 Å². The fourth-order valence-corrected chi connectivity index (χ4v) is 3.35. The predicted octanol–water partition coefficient (Wildman–Crippen LogP) is 1.96. The molecule has 3 rings (SSSR count). The maximum atomic E-state index is 12.5. The normalized spacial score (nSPS) is 15.9. The Morgan fingerprint density at radius 3 is 2.68 bits per heavy atom. The SMILES string of the molecule is CCc1nc(COc2ccc(C(=O)NCC3(COC)CCNCC3)cc2)no1. The molecule has 152 valence electrons. The predicted molar refractivity (Wildman–Crippen MR) is 103 cm³/mol. The van der Waals surface area contributed by atoms with Crippen LogP contribution in [0, 0.1) is 5.41 Å². The van der Waals surface area contributed by atoms with Gasteiger partial charge >= 0.3 is 0 Å². The van der Waals surface area contributed by atoms with E-state index in [2.05, 4.69) is 20.8 Å². The number of piperidine rings is 1. The van der Waals surface area contributed by atoms with E-state index in [-0.39, 0.29) is 17.9 Å². The van der Waals surface area contributed by atoms with Gasteiger partial charge in [0.1, 0.15) is 5.75 Å². The number of hydrogen-bond donors (Lipinski definition) is 2. The summed E-state index contributed by atoms with van der Waals surface area (Å²) in [6.07, 6.45) is 2.67. The average Bonchev–Trinajstić information content (AvgIpc) is 3.20. The van der Waals surface area contributed by atoms with Gasteiger partial charge in [0.2, 0.25) is 11.7 Å². The van der Waals surface area contributed by atoms with Crippen LogP contribution in [0.25, 0.3) is 0 Å². The second-order valence-electron chi connectivity index (χ2n) is 7.14. The van der Waals surface area contributed by atoms with E-state index in [9.17, 15) is 4.79 Å². The number of nitrogens with zero attached hydrogens (tertiary/aromatic N) is 2. The van der Waals surface area contributed by atoms with Crippen LogP contribution in [-0.4, -0.2) is 49.4 Å². The van der Waals surface area contributed by atoms with Gasteiger partial charge in [-0.1, -0.05) is 12.1 Å². The van der Waals surface area contributed by atoms with Gasteiger partial charge in [0.05, 0.1) is 6.61 Å². The molecule has 0 unspecified atom stereocenters. The van der Waals surface area contributed by atoms with Gasteiger partial charge in [0.15, 0.2) is 6.61 Å². The van der Waals surface area contributed by atoms with Crippen molar-refractivity contribution < 1.29 is 18.8 Å². The van der Waals surface area contributed by atoms with Crippen molar-refractivity contribution in [1.82, 2.24) is 20.8 Å². The quantitative estimate of drug-likeness (QED) is 0.677. The van der Waals surface area contributed by atoms with Crippen LogP contribution in [0.15, 0.2) is 28.8 Å². The largest absolute Gasteiger partial charge is 0.485 e. The number of carbonyl (C=O) groups is 1.